The first kappa shape index (κ1) is 27.1. The molecule has 0 unspecified atom stereocenters. The van der Waals surface area contributed by atoms with Crippen LogP contribution in [-0.2, 0) is 0 Å². The van der Waals surface area contributed by atoms with Crippen LogP contribution < -0.4 is 4.74 Å². The molecule has 41 heavy (non-hydrogen) atoms. The molecule has 0 N–H and O–H groups in total. The largest absolute Gasteiger partial charge is 0.497 e. The first-order valence-electron chi connectivity index (χ1n) is 14.1. The monoisotopic (exact) mass is 568 g/mol. The number of carbonyl (C=O) groups excluding carboxylic acids is 2. The summed E-state index contributed by atoms with van der Waals surface area (Å²) in [6.45, 7) is 2.63. The number of hydrogen-bond acceptors (Lipinski definition) is 4. The molecule has 3 aromatic carbocycles. The Balaban J connectivity index is 1.24. The number of amides is 2. The highest BCUT2D eigenvalue weighted by molar-refractivity contribution is 6.30. The van der Waals surface area contributed by atoms with Gasteiger partial charge in [0.15, 0.2) is 0 Å². The molecule has 7 nitrogen and oxygen atoms in total. The molecule has 2 aliphatic rings. The Hall–Kier alpha value is -4.10. The summed E-state index contributed by atoms with van der Waals surface area (Å²) < 4.78 is 7.12. The Morgan fingerprint density at radius 2 is 1.46 bits per heavy atom. The molecule has 2 aliphatic heterocycles. The van der Waals surface area contributed by atoms with Crippen LogP contribution in [0.25, 0.3) is 5.69 Å². The number of halogens is 1. The minimum Gasteiger partial charge on any atom is -0.497 e. The number of aromatic nitrogens is 2. The molecule has 0 spiro atoms. The van der Waals surface area contributed by atoms with Crippen molar-refractivity contribution < 1.29 is 14.3 Å². The van der Waals surface area contributed by atoms with E-state index >= 15 is 0 Å². The molecule has 6 rings (SSSR count). The molecule has 2 saturated heterocycles. The summed E-state index contributed by atoms with van der Waals surface area (Å²) >= 11 is 6.17. The molecule has 0 saturated carbocycles. The van der Waals surface area contributed by atoms with E-state index in [1.54, 1.807) is 25.4 Å². The van der Waals surface area contributed by atoms with Crippen LogP contribution in [0.2, 0.25) is 5.02 Å². The first-order valence-corrected chi connectivity index (χ1v) is 14.5. The quantitative estimate of drug-likeness (QED) is 0.278. The predicted octanol–water partition coefficient (Wildman–Crippen LogP) is 6.18. The molecule has 0 radical (unpaired) electrons. The maximum Gasteiger partial charge on any atom is 0.257 e. The molecule has 210 valence electrons. The van der Waals surface area contributed by atoms with Crippen LogP contribution >= 0.6 is 11.6 Å². The third-order valence-corrected chi connectivity index (χ3v) is 8.61. The van der Waals surface area contributed by atoms with Crippen molar-refractivity contribution in [1.82, 2.24) is 19.6 Å². The van der Waals surface area contributed by atoms with Gasteiger partial charge >= 0.3 is 0 Å². The molecule has 3 heterocycles. The Kier molecular flexibility index (Phi) is 7.79. The van der Waals surface area contributed by atoms with E-state index in [-0.39, 0.29) is 17.7 Å². The second kappa shape index (κ2) is 11.8. The fraction of sp³-hybridized carbons (Fsp3) is 0.303. The van der Waals surface area contributed by atoms with E-state index in [2.05, 4.69) is 24.3 Å². The van der Waals surface area contributed by atoms with Crippen molar-refractivity contribution >= 4 is 23.4 Å². The lowest BCUT2D eigenvalue weighted by molar-refractivity contribution is 0.0706. The first-order chi connectivity index (χ1) is 20.0. The highest BCUT2D eigenvalue weighted by Gasteiger charge is 2.34. The smallest absolute Gasteiger partial charge is 0.257 e. The lowest BCUT2D eigenvalue weighted by Gasteiger charge is -2.33. The average molecular weight is 569 g/mol. The van der Waals surface area contributed by atoms with E-state index in [1.807, 2.05) is 56.9 Å². The fourth-order valence-corrected chi connectivity index (χ4v) is 6.21. The number of ether oxygens (including phenoxy) is 1. The van der Waals surface area contributed by atoms with Gasteiger partial charge in [-0.15, -0.1) is 0 Å². The lowest BCUT2D eigenvalue weighted by Crippen LogP contribution is -2.38. The van der Waals surface area contributed by atoms with Crippen molar-refractivity contribution in [2.24, 2.45) is 0 Å². The molecule has 0 bridgehead atoms. The topological polar surface area (TPSA) is 67.7 Å². The summed E-state index contributed by atoms with van der Waals surface area (Å²) in [5, 5.41) is 5.36. The molecular weight excluding hydrogens is 536 g/mol. The molecular formula is C33H33ClN4O3. The van der Waals surface area contributed by atoms with Crippen molar-refractivity contribution in [2.75, 3.05) is 33.3 Å². The number of benzene rings is 3. The van der Waals surface area contributed by atoms with E-state index in [9.17, 15) is 9.59 Å². The van der Waals surface area contributed by atoms with E-state index in [0.29, 0.717) is 41.7 Å². The van der Waals surface area contributed by atoms with Crippen LogP contribution in [0.15, 0.2) is 85.1 Å². The normalized spacial score (nSPS) is 17.6. The number of methoxy groups -OCH3 is 1. The van der Waals surface area contributed by atoms with Crippen LogP contribution in [0.5, 0.6) is 5.75 Å². The summed E-state index contributed by atoms with van der Waals surface area (Å²) in [6, 6.07) is 25.2. The van der Waals surface area contributed by atoms with Crippen LogP contribution in [0.3, 0.4) is 0 Å². The second-order valence-corrected chi connectivity index (χ2v) is 11.2. The summed E-state index contributed by atoms with van der Waals surface area (Å²) in [5.41, 5.74) is 4.34. The van der Waals surface area contributed by atoms with Gasteiger partial charge in [0.05, 0.1) is 30.3 Å². The van der Waals surface area contributed by atoms with Crippen molar-refractivity contribution in [2.45, 2.75) is 31.1 Å². The average Bonchev–Trinajstić information content (AvgIpc) is 3.70. The molecule has 8 heteroatoms. The molecule has 2 amide bonds. The Morgan fingerprint density at radius 1 is 0.805 bits per heavy atom. The number of likely N-dealkylation sites (tertiary alicyclic amines) is 2. The Labute approximate surface area is 245 Å². The van der Waals surface area contributed by atoms with E-state index < -0.39 is 0 Å². The minimum atomic E-state index is 0.0117. The summed E-state index contributed by atoms with van der Waals surface area (Å²) in [7, 11) is 1.61. The predicted molar refractivity (Wildman–Crippen MR) is 159 cm³/mol. The van der Waals surface area contributed by atoms with Gasteiger partial charge < -0.3 is 14.5 Å². The van der Waals surface area contributed by atoms with E-state index in [1.165, 1.54) is 5.56 Å². The zero-order valence-electron chi connectivity index (χ0n) is 23.1. The van der Waals surface area contributed by atoms with Gasteiger partial charge in [-0.1, -0.05) is 41.9 Å². The van der Waals surface area contributed by atoms with Crippen LogP contribution in [-0.4, -0.2) is 64.7 Å². The van der Waals surface area contributed by atoms with Crippen molar-refractivity contribution in [3.63, 3.8) is 0 Å². The molecule has 0 aliphatic carbocycles. The number of hydrogen-bond donors (Lipinski definition) is 0. The summed E-state index contributed by atoms with van der Waals surface area (Å²) in [4.78, 5) is 31.0. The zero-order chi connectivity index (χ0) is 28.3. The van der Waals surface area contributed by atoms with Crippen LogP contribution in [0.4, 0.5) is 0 Å². The third-order valence-electron chi connectivity index (χ3n) is 8.36. The van der Waals surface area contributed by atoms with Gasteiger partial charge in [-0.3, -0.25) is 9.59 Å². The Morgan fingerprint density at radius 3 is 2.15 bits per heavy atom. The van der Waals surface area contributed by atoms with Crippen molar-refractivity contribution in [3.8, 4) is 11.4 Å². The lowest BCUT2D eigenvalue weighted by atomic mass is 9.90. The van der Waals surface area contributed by atoms with Gasteiger partial charge in [-0.05, 0) is 73.4 Å². The van der Waals surface area contributed by atoms with Crippen molar-refractivity contribution in [3.05, 3.63) is 112 Å². The fourth-order valence-electron chi connectivity index (χ4n) is 6.09. The number of carbonyl (C=O) groups is 2. The third kappa shape index (κ3) is 5.59. The van der Waals surface area contributed by atoms with Gasteiger partial charge in [0.25, 0.3) is 11.8 Å². The standard InChI is InChI=1S/C33H33ClN4O3/c1-41-29-13-7-25(8-14-29)32(39)36-18-15-24(16-19-36)31-30(21-35-38(31)28-11-9-27(34)10-12-28)33(40)37-20-17-26(22-37)23-5-3-2-4-6-23/h2-14,21,24,26H,15-20,22H2,1H3/t26-/m0/s1. The minimum absolute atomic E-state index is 0.0117. The van der Waals surface area contributed by atoms with Crippen LogP contribution in [0, 0.1) is 0 Å². The highest BCUT2D eigenvalue weighted by atomic mass is 35.5. The number of rotatable bonds is 6. The maximum absolute atomic E-state index is 14.0. The highest BCUT2D eigenvalue weighted by Crippen LogP contribution is 2.35. The zero-order valence-corrected chi connectivity index (χ0v) is 23.8. The maximum atomic E-state index is 14.0. The van der Waals surface area contributed by atoms with Gasteiger partial charge in [-0.25, -0.2) is 4.68 Å². The summed E-state index contributed by atoms with van der Waals surface area (Å²) in [6.07, 6.45) is 4.15. The molecule has 4 aromatic rings. The van der Waals surface area contributed by atoms with E-state index in [0.717, 1.165) is 42.9 Å². The summed E-state index contributed by atoms with van der Waals surface area (Å²) in [5.74, 6) is 1.18. The number of nitrogens with zero attached hydrogens (tertiary/aromatic N) is 4. The van der Waals surface area contributed by atoms with Gasteiger partial charge in [0, 0.05) is 48.6 Å². The SMILES string of the molecule is COc1ccc(C(=O)N2CCC(c3c(C(=O)N4CC[C@H](c5ccccc5)C4)cnn3-c3ccc(Cl)cc3)CC2)cc1. The van der Waals surface area contributed by atoms with Crippen LogP contribution in [0.1, 0.15) is 63.1 Å². The molecule has 1 atom stereocenters. The Bertz CT molecular complexity index is 1510. The van der Waals surface area contributed by atoms with Gasteiger partial charge in [0.2, 0.25) is 0 Å². The van der Waals surface area contributed by atoms with Crippen molar-refractivity contribution in [1.29, 1.82) is 0 Å². The van der Waals surface area contributed by atoms with Gasteiger partial charge in [-0.2, -0.15) is 5.10 Å². The molecule has 2 fully saturated rings. The molecule has 1 aromatic heterocycles. The number of piperidine rings is 1. The second-order valence-electron chi connectivity index (χ2n) is 10.8. The van der Waals surface area contributed by atoms with E-state index in [4.69, 9.17) is 21.4 Å². The van der Waals surface area contributed by atoms with Gasteiger partial charge in [0.1, 0.15) is 5.75 Å².